The number of likely N-dealkylation sites (tertiary alicyclic amines) is 1. The fraction of sp³-hybridized carbons (Fsp3) is 0.594. The average molecular weight is 569 g/mol. The molecule has 40 heavy (non-hydrogen) atoms. The van der Waals surface area contributed by atoms with E-state index in [0.717, 1.165) is 44.1 Å². The molecule has 3 aliphatic heterocycles. The molecule has 3 aliphatic rings. The Bertz CT molecular complexity index is 1080. The molecule has 3 heterocycles. The Morgan fingerprint density at radius 3 is 2.65 bits per heavy atom. The zero-order valence-corrected chi connectivity index (χ0v) is 24.7. The third-order valence-electron chi connectivity index (χ3n) is 8.83. The quantitative estimate of drug-likeness (QED) is 0.184. The first-order chi connectivity index (χ1) is 19.4. The first-order valence-corrected chi connectivity index (χ1v) is 15.6. The molecule has 7 atom stereocenters. The molecule has 2 bridgehead atoms. The molecule has 8 heteroatoms. The number of unbranched alkanes of at least 4 members (excludes halogenated alkanes) is 2. The molecule has 218 valence electrons. The van der Waals surface area contributed by atoms with Crippen LogP contribution in [-0.2, 0) is 19.1 Å². The second-order valence-corrected chi connectivity index (χ2v) is 12.9. The SMILES string of the molecule is C=CCCCCOC(=O)[C@@H]1[C@H]2C(=O)N([C@H](CO)c3ccccc3)C(C(=O)N(CC=C)C(C)CCC)C23CC[C@H]1S3. The maximum Gasteiger partial charge on any atom is 0.310 e. The van der Waals surface area contributed by atoms with Gasteiger partial charge in [0.15, 0.2) is 0 Å². The molecular weight excluding hydrogens is 524 g/mol. The van der Waals surface area contributed by atoms with E-state index in [1.807, 2.05) is 48.2 Å². The maximum absolute atomic E-state index is 14.6. The average Bonchev–Trinajstić information content (AvgIpc) is 3.60. The molecule has 3 unspecified atom stereocenters. The molecule has 0 saturated carbocycles. The number of esters is 1. The number of aliphatic hydroxyl groups is 1. The van der Waals surface area contributed by atoms with Crippen molar-refractivity contribution in [2.75, 3.05) is 19.8 Å². The first kappa shape index (κ1) is 30.4. The minimum atomic E-state index is -0.790. The number of hydrogen-bond donors (Lipinski definition) is 1. The van der Waals surface area contributed by atoms with E-state index < -0.39 is 28.7 Å². The Kier molecular flexibility index (Phi) is 10.2. The molecule has 1 spiro atoms. The Hall–Kier alpha value is -2.58. The minimum absolute atomic E-state index is 0.0351. The summed E-state index contributed by atoms with van der Waals surface area (Å²) < 4.78 is 4.98. The zero-order chi connectivity index (χ0) is 28.9. The summed E-state index contributed by atoms with van der Waals surface area (Å²) in [7, 11) is 0. The van der Waals surface area contributed by atoms with Crippen LogP contribution in [0, 0.1) is 11.8 Å². The fourth-order valence-electron chi connectivity index (χ4n) is 7.02. The van der Waals surface area contributed by atoms with Crippen molar-refractivity contribution in [2.24, 2.45) is 11.8 Å². The van der Waals surface area contributed by atoms with Crippen LogP contribution in [0.2, 0.25) is 0 Å². The van der Waals surface area contributed by atoms with Crippen LogP contribution >= 0.6 is 11.8 Å². The van der Waals surface area contributed by atoms with Gasteiger partial charge in [-0.25, -0.2) is 0 Å². The van der Waals surface area contributed by atoms with Gasteiger partial charge < -0.3 is 19.6 Å². The standard InChI is InChI=1S/C32H44N2O5S/c1-5-8-9-13-20-39-31(38)26-25-17-18-32(40-25)27(26)29(36)34(24(21-35)23-15-11-10-12-16-23)28(32)30(37)33(19-7-3)22(4)14-6-2/h5,7,10-12,15-16,22,24-28,35H,1,3,6,8-9,13-14,17-21H2,2,4H3/t22?,24-,25-,26+,27+,28?,32?/m1/s1. The molecule has 3 saturated heterocycles. The highest BCUT2D eigenvalue weighted by atomic mass is 32.2. The monoisotopic (exact) mass is 568 g/mol. The van der Waals surface area contributed by atoms with E-state index in [-0.39, 0.29) is 35.7 Å². The van der Waals surface area contributed by atoms with Gasteiger partial charge in [0.2, 0.25) is 11.8 Å². The van der Waals surface area contributed by atoms with Gasteiger partial charge in [-0.2, -0.15) is 0 Å². The number of fused-ring (bicyclic) bond motifs is 1. The van der Waals surface area contributed by atoms with Crippen LogP contribution in [0.5, 0.6) is 0 Å². The first-order valence-electron chi connectivity index (χ1n) is 14.7. The number of benzene rings is 1. The Morgan fingerprint density at radius 1 is 1.25 bits per heavy atom. The van der Waals surface area contributed by atoms with E-state index in [0.29, 0.717) is 19.6 Å². The summed E-state index contributed by atoms with van der Waals surface area (Å²) in [4.78, 5) is 46.0. The summed E-state index contributed by atoms with van der Waals surface area (Å²) in [6.07, 6.45) is 9.25. The van der Waals surface area contributed by atoms with Crippen LogP contribution in [0.1, 0.15) is 70.4 Å². The topological polar surface area (TPSA) is 87.1 Å². The number of carbonyl (C=O) groups excluding carboxylic acids is 3. The predicted octanol–water partition coefficient (Wildman–Crippen LogP) is 4.91. The number of rotatable bonds is 15. The molecule has 7 nitrogen and oxygen atoms in total. The van der Waals surface area contributed by atoms with Crippen molar-refractivity contribution in [1.29, 1.82) is 0 Å². The molecule has 4 rings (SSSR count). The van der Waals surface area contributed by atoms with Crippen molar-refractivity contribution in [1.82, 2.24) is 9.80 Å². The molecule has 2 amide bonds. The lowest BCUT2D eigenvalue weighted by molar-refractivity contribution is -0.154. The summed E-state index contributed by atoms with van der Waals surface area (Å²) in [5, 5.41) is 10.6. The van der Waals surface area contributed by atoms with Gasteiger partial charge >= 0.3 is 5.97 Å². The van der Waals surface area contributed by atoms with Crippen molar-refractivity contribution in [2.45, 2.75) is 86.9 Å². The highest BCUT2D eigenvalue weighted by molar-refractivity contribution is 8.02. The van der Waals surface area contributed by atoms with Crippen LogP contribution in [0.15, 0.2) is 55.6 Å². The van der Waals surface area contributed by atoms with Gasteiger partial charge in [0.1, 0.15) is 6.04 Å². The van der Waals surface area contributed by atoms with Gasteiger partial charge in [0.25, 0.3) is 0 Å². The van der Waals surface area contributed by atoms with E-state index in [9.17, 15) is 19.5 Å². The molecule has 1 aromatic rings. The van der Waals surface area contributed by atoms with Gasteiger partial charge in [-0.15, -0.1) is 24.9 Å². The third kappa shape index (κ3) is 5.49. The predicted molar refractivity (Wildman–Crippen MR) is 159 cm³/mol. The number of ether oxygens (including phenoxy) is 1. The van der Waals surface area contributed by atoms with Gasteiger partial charge in [-0.05, 0) is 51.0 Å². The molecule has 1 aromatic carbocycles. The lowest BCUT2D eigenvalue weighted by Crippen LogP contribution is -2.57. The molecule has 0 radical (unpaired) electrons. The van der Waals surface area contributed by atoms with Crippen molar-refractivity contribution < 1.29 is 24.2 Å². The number of aliphatic hydroxyl groups excluding tert-OH is 1. The highest BCUT2D eigenvalue weighted by Crippen LogP contribution is 2.67. The van der Waals surface area contributed by atoms with Crippen molar-refractivity contribution in [3.8, 4) is 0 Å². The number of carbonyl (C=O) groups is 3. The van der Waals surface area contributed by atoms with Crippen LogP contribution in [-0.4, -0.2) is 74.5 Å². The number of amides is 2. The summed E-state index contributed by atoms with van der Waals surface area (Å²) >= 11 is 1.63. The van der Waals surface area contributed by atoms with Crippen LogP contribution < -0.4 is 0 Å². The number of nitrogens with zero attached hydrogens (tertiary/aromatic N) is 2. The summed E-state index contributed by atoms with van der Waals surface area (Å²) in [6, 6.07) is 7.86. The molecular formula is C32H44N2O5S. The normalized spacial score (nSPS) is 28.2. The summed E-state index contributed by atoms with van der Waals surface area (Å²) in [5.41, 5.74) is 0.769. The lowest BCUT2D eigenvalue weighted by Gasteiger charge is -2.41. The Morgan fingerprint density at radius 2 is 2.00 bits per heavy atom. The van der Waals surface area contributed by atoms with E-state index in [2.05, 4.69) is 20.1 Å². The Labute approximate surface area is 243 Å². The lowest BCUT2D eigenvalue weighted by atomic mass is 9.71. The van der Waals surface area contributed by atoms with Crippen LogP contribution in [0.3, 0.4) is 0 Å². The van der Waals surface area contributed by atoms with E-state index in [1.165, 1.54) is 0 Å². The number of allylic oxidation sites excluding steroid dienone is 1. The second kappa shape index (κ2) is 13.4. The van der Waals surface area contributed by atoms with E-state index >= 15 is 0 Å². The zero-order valence-electron chi connectivity index (χ0n) is 23.9. The van der Waals surface area contributed by atoms with E-state index in [4.69, 9.17) is 4.74 Å². The van der Waals surface area contributed by atoms with E-state index in [1.54, 1.807) is 22.7 Å². The summed E-state index contributed by atoms with van der Waals surface area (Å²) in [5.74, 6) is -1.95. The fourth-order valence-corrected chi connectivity index (χ4v) is 9.21. The third-order valence-corrected chi connectivity index (χ3v) is 10.8. The van der Waals surface area contributed by atoms with Crippen LogP contribution in [0.25, 0.3) is 0 Å². The maximum atomic E-state index is 14.6. The molecule has 0 aliphatic carbocycles. The molecule has 3 fully saturated rings. The Balaban J connectivity index is 1.73. The van der Waals surface area contributed by atoms with Crippen molar-refractivity contribution in [3.05, 3.63) is 61.2 Å². The molecule has 1 N–H and O–H groups in total. The number of hydrogen-bond acceptors (Lipinski definition) is 6. The van der Waals surface area contributed by atoms with Crippen LogP contribution in [0.4, 0.5) is 0 Å². The van der Waals surface area contributed by atoms with Gasteiger partial charge in [-0.1, -0.05) is 55.8 Å². The summed E-state index contributed by atoms with van der Waals surface area (Å²) in [6.45, 7) is 12.1. The smallest absolute Gasteiger partial charge is 0.310 e. The second-order valence-electron chi connectivity index (χ2n) is 11.3. The number of thioether (sulfide) groups is 1. The van der Waals surface area contributed by atoms with Gasteiger partial charge in [-0.3, -0.25) is 14.4 Å². The molecule has 0 aromatic heterocycles. The van der Waals surface area contributed by atoms with Gasteiger partial charge in [0.05, 0.1) is 35.8 Å². The van der Waals surface area contributed by atoms with Crippen molar-refractivity contribution >= 4 is 29.5 Å². The van der Waals surface area contributed by atoms with Crippen molar-refractivity contribution in [3.63, 3.8) is 0 Å². The highest BCUT2D eigenvalue weighted by Gasteiger charge is 2.75. The van der Waals surface area contributed by atoms with Gasteiger partial charge in [0, 0.05) is 17.8 Å². The minimum Gasteiger partial charge on any atom is -0.465 e. The largest absolute Gasteiger partial charge is 0.465 e.